The van der Waals surface area contributed by atoms with Crippen molar-refractivity contribution in [1.29, 1.82) is 0 Å². The van der Waals surface area contributed by atoms with Gasteiger partial charge in [0.2, 0.25) is 0 Å². The molecule has 2 heteroatoms. The third-order valence-electron chi connectivity index (χ3n) is 4.41. The van der Waals surface area contributed by atoms with E-state index in [1.54, 1.807) is 0 Å². The van der Waals surface area contributed by atoms with E-state index in [0.29, 0.717) is 0 Å². The Bertz CT molecular complexity index is 546. The standard InChI is InChI=1S/C18H22N2/c19-18(11-10-14-5-4-12-20-13-14)17-9-2-1-8-16(17)15-6-3-7-15/h1-2,4-5,8-9,12-13,15,18H,3,6-7,10-11,19H2. The van der Waals surface area contributed by atoms with Crippen LogP contribution in [0.15, 0.2) is 48.8 Å². The lowest BCUT2D eigenvalue weighted by Gasteiger charge is -2.29. The molecule has 1 aromatic carbocycles. The van der Waals surface area contributed by atoms with E-state index in [9.17, 15) is 0 Å². The minimum absolute atomic E-state index is 0.131. The number of pyridine rings is 1. The first-order chi connectivity index (χ1) is 9.84. The lowest BCUT2D eigenvalue weighted by atomic mass is 9.77. The predicted octanol–water partition coefficient (Wildman–Crippen LogP) is 3.98. The van der Waals surface area contributed by atoms with Gasteiger partial charge in [-0.15, -0.1) is 0 Å². The molecule has 2 aromatic rings. The number of aromatic nitrogens is 1. The molecule has 0 spiro atoms. The minimum atomic E-state index is 0.131. The summed E-state index contributed by atoms with van der Waals surface area (Å²) in [5, 5.41) is 0. The largest absolute Gasteiger partial charge is 0.324 e. The van der Waals surface area contributed by atoms with Crippen molar-refractivity contribution in [2.45, 2.75) is 44.1 Å². The van der Waals surface area contributed by atoms with Crippen molar-refractivity contribution in [2.75, 3.05) is 0 Å². The van der Waals surface area contributed by atoms with Crippen LogP contribution in [-0.2, 0) is 6.42 Å². The van der Waals surface area contributed by atoms with Gasteiger partial charge in [0.15, 0.2) is 0 Å². The van der Waals surface area contributed by atoms with E-state index in [1.165, 1.54) is 36.0 Å². The average molecular weight is 266 g/mol. The van der Waals surface area contributed by atoms with Gasteiger partial charge in [-0.05, 0) is 54.4 Å². The fourth-order valence-corrected chi connectivity index (χ4v) is 2.96. The van der Waals surface area contributed by atoms with E-state index in [2.05, 4.69) is 35.3 Å². The summed E-state index contributed by atoms with van der Waals surface area (Å²) in [4.78, 5) is 4.16. The lowest BCUT2D eigenvalue weighted by molar-refractivity contribution is 0.414. The van der Waals surface area contributed by atoms with Crippen LogP contribution in [0.5, 0.6) is 0 Å². The number of hydrogen-bond donors (Lipinski definition) is 1. The van der Waals surface area contributed by atoms with E-state index in [-0.39, 0.29) is 6.04 Å². The zero-order chi connectivity index (χ0) is 13.8. The van der Waals surface area contributed by atoms with E-state index in [4.69, 9.17) is 5.73 Å². The Labute approximate surface area is 121 Å². The van der Waals surface area contributed by atoms with E-state index in [1.807, 2.05) is 18.5 Å². The maximum atomic E-state index is 6.44. The van der Waals surface area contributed by atoms with Crippen molar-refractivity contribution in [3.05, 3.63) is 65.5 Å². The molecule has 3 rings (SSSR count). The molecule has 0 saturated heterocycles. The maximum Gasteiger partial charge on any atom is 0.0300 e. The Morgan fingerprint density at radius 2 is 2.00 bits per heavy atom. The van der Waals surface area contributed by atoms with Crippen LogP contribution in [0.1, 0.15) is 54.3 Å². The molecule has 1 unspecified atom stereocenters. The van der Waals surface area contributed by atoms with Crippen molar-refractivity contribution in [3.8, 4) is 0 Å². The zero-order valence-electron chi connectivity index (χ0n) is 11.8. The molecule has 1 saturated carbocycles. The van der Waals surface area contributed by atoms with Gasteiger partial charge in [-0.25, -0.2) is 0 Å². The molecular weight excluding hydrogens is 244 g/mol. The summed E-state index contributed by atoms with van der Waals surface area (Å²) in [5.74, 6) is 0.746. The Hall–Kier alpha value is -1.67. The van der Waals surface area contributed by atoms with Crippen LogP contribution in [0.25, 0.3) is 0 Å². The van der Waals surface area contributed by atoms with Crippen molar-refractivity contribution in [3.63, 3.8) is 0 Å². The highest BCUT2D eigenvalue weighted by atomic mass is 14.6. The molecule has 1 aromatic heterocycles. The number of nitrogens with zero attached hydrogens (tertiary/aromatic N) is 1. The van der Waals surface area contributed by atoms with Crippen molar-refractivity contribution >= 4 is 0 Å². The first kappa shape index (κ1) is 13.3. The third kappa shape index (κ3) is 2.91. The maximum absolute atomic E-state index is 6.44. The Morgan fingerprint density at radius 1 is 1.15 bits per heavy atom. The van der Waals surface area contributed by atoms with Crippen molar-refractivity contribution in [1.82, 2.24) is 4.98 Å². The first-order valence-corrected chi connectivity index (χ1v) is 7.58. The molecule has 2 N–H and O–H groups in total. The van der Waals surface area contributed by atoms with Crippen molar-refractivity contribution in [2.24, 2.45) is 5.73 Å². The highest BCUT2D eigenvalue weighted by Crippen LogP contribution is 2.39. The topological polar surface area (TPSA) is 38.9 Å². The Kier molecular flexibility index (Phi) is 4.12. The number of aryl methyl sites for hydroxylation is 1. The highest BCUT2D eigenvalue weighted by Gasteiger charge is 2.23. The third-order valence-corrected chi connectivity index (χ3v) is 4.41. The van der Waals surface area contributed by atoms with E-state index >= 15 is 0 Å². The second-order valence-corrected chi connectivity index (χ2v) is 5.76. The van der Waals surface area contributed by atoms with Crippen LogP contribution in [0.3, 0.4) is 0 Å². The Balaban J connectivity index is 1.69. The van der Waals surface area contributed by atoms with Gasteiger partial charge in [-0.3, -0.25) is 4.98 Å². The number of benzene rings is 1. The zero-order valence-corrected chi connectivity index (χ0v) is 11.8. The molecule has 1 heterocycles. The molecule has 20 heavy (non-hydrogen) atoms. The highest BCUT2D eigenvalue weighted by molar-refractivity contribution is 5.34. The van der Waals surface area contributed by atoms with Gasteiger partial charge < -0.3 is 5.73 Å². The first-order valence-electron chi connectivity index (χ1n) is 7.58. The van der Waals surface area contributed by atoms with Crippen LogP contribution in [-0.4, -0.2) is 4.98 Å². The van der Waals surface area contributed by atoms with Crippen LogP contribution < -0.4 is 5.73 Å². The van der Waals surface area contributed by atoms with E-state index in [0.717, 1.165) is 18.8 Å². The second-order valence-electron chi connectivity index (χ2n) is 5.76. The van der Waals surface area contributed by atoms with Gasteiger partial charge in [0, 0.05) is 18.4 Å². The number of nitrogens with two attached hydrogens (primary N) is 1. The molecule has 2 nitrogen and oxygen atoms in total. The molecular formula is C18H22N2. The van der Waals surface area contributed by atoms with Crippen LogP contribution >= 0.6 is 0 Å². The normalized spacial score (nSPS) is 16.6. The SMILES string of the molecule is NC(CCc1cccnc1)c1ccccc1C1CCC1. The monoisotopic (exact) mass is 266 g/mol. The molecule has 104 valence electrons. The molecule has 0 bridgehead atoms. The minimum Gasteiger partial charge on any atom is -0.324 e. The van der Waals surface area contributed by atoms with Gasteiger partial charge in [-0.2, -0.15) is 0 Å². The summed E-state index contributed by atoms with van der Waals surface area (Å²) in [5.41, 5.74) is 10.5. The van der Waals surface area contributed by atoms with Gasteiger partial charge in [0.25, 0.3) is 0 Å². The van der Waals surface area contributed by atoms with Crippen LogP contribution in [0.2, 0.25) is 0 Å². The number of hydrogen-bond acceptors (Lipinski definition) is 2. The summed E-state index contributed by atoms with van der Waals surface area (Å²) in [6, 6.07) is 13.0. The smallest absolute Gasteiger partial charge is 0.0300 e. The summed E-state index contributed by atoms with van der Waals surface area (Å²) >= 11 is 0. The molecule has 1 fully saturated rings. The van der Waals surface area contributed by atoms with Gasteiger partial charge in [-0.1, -0.05) is 36.8 Å². The molecule has 0 aliphatic heterocycles. The fraction of sp³-hybridized carbons (Fsp3) is 0.389. The summed E-state index contributed by atoms with van der Waals surface area (Å²) < 4.78 is 0. The van der Waals surface area contributed by atoms with Crippen molar-refractivity contribution < 1.29 is 0 Å². The van der Waals surface area contributed by atoms with Crippen LogP contribution in [0, 0.1) is 0 Å². The summed E-state index contributed by atoms with van der Waals surface area (Å²) in [6.07, 6.45) is 9.74. The van der Waals surface area contributed by atoms with Gasteiger partial charge in [0.05, 0.1) is 0 Å². The van der Waals surface area contributed by atoms with Gasteiger partial charge >= 0.3 is 0 Å². The summed E-state index contributed by atoms with van der Waals surface area (Å²) in [6.45, 7) is 0. The molecule has 1 aliphatic rings. The van der Waals surface area contributed by atoms with Gasteiger partial charge in [0.1, 0.15) is 0 Å². The molecule has 1 aliphatic carbocycles. The average Bonchev–Trinajstić information content (AvgIpc) is 2.45. The lowest BCUT2D eigenvalue weighted by Crippen LogP contribution is -2.18. The number of rotatable bonds is 5. The second kappa shape index (κ2) is 6.19. The fourth-order valence-electron chi connectivity index (χ4n) is 2.96. The molecule has 0 amide bonds. The Morgan fingerprint density at radius 3 is 2.70 bits per heavy atom. The summed E-state index contributed by atoms with van der Waals surface area (Å²) in [7, 11) is 0. The quantitative estimate of drug-likeness (QED) is 0.889. The van der Waals surface area contributed by atoms with E-state index < -0.39 is 0 Å². The molecule has 0 radical (unpaired) electrons. The molecule has 1 atom stereocenters. The predicted molar refractivity (Wildman–Crippen MR) is 82.5 cm³/mol. The van der Waals surface area contributed by atoms with Crippen LogP contribution in [0.4, 0.5) is 0 Å².